The predicted molar refractivity (Wildman–Crippen MR) is 124 cm³/mol. The number of carbonyl (C=O) groups excluding carboxylic acids is 1. The van der Waals surface area contributed by atoms with Crippen molar-refractivity contribution in [2.75, 3.05) is 38.3 Å². The maximum absolute atomic E-state index is 12.5. The molecule has 4 rings (SSSR count). The monoisotopic (exact) mass is 432 g/mol. The van der Waals surface area contributed by atoms with Crippen LogP contribution in [0.5, 0.6) is 11.5 Å². The highest BCUT2D eigenvalue weighted by molar-refractivity contribution is 5.79. The minimum absolute atomic E-state index is 0.0193. The smallest absolute Gasteiger partial charge is 0.223 e. The number of rotatable bonds is 8. The molecule has 1 fully saturated rings. The lowest BCUT2D eigenvalue weighted by molar-refractivity contribution is -0.125. The molecule has 1 amide bonds. The highest BCUT2D eigenvalue weighted by Gasteiger charge is 2.25. The van der Waals surface area contributed by atoms with E-state index in [9.17, 15) is 4.79 Å². The lowest BCUT2D eigenvalue weighted by Gasteiger charge is -2.32. The average molecular weight is 433 g/mol. The largest absolute Gasteiger partial charge is 0.497 e. The lowest BCUT2D eigenvalue weighted by atomic mass is 9.96. The molecule has 1 aliphatic rings. The molecule has 1 N–H and O–H groups in total. The van der Waals surface area contributed by atoms with Gasteiger partial charge in [0, 0.05) is 30.6 Å². The topological polar surface area (TPSA) is 76.6 Å². The molecule has 0 radical (unpaired) electrons. The molecule has 0 aliphatic carbocycles. The Labute approximate surface area is 188 Å². The van der Waals surface area contributed by atoms with Crippen LogP contribution in [0.15, 0.2) is 67.0 Å². The summed E-state index contributed by atoms with van der Waals surface area (Å²) in [6, 6.07) is 19.4. The van der Waals surface area contributed by atoms with Crippen LogP contribution in [0, 0.1) is 5.92 Å². The Morgan fingerprint density at radius 3 is 2.50 bits per heavy atom. The first-order chi connectivity index (χ1) is 15.7. The van der Waals surface area contributed by atoms with Gasteiger partial charge in [-0.3, -0.25) is 4.79 Å². The summed E-state index contributed by atoms with van der Waals surface area (Å²) < 4.78 is 10.9. The number of nitrogens with one attached hydrogen (secondary N) is 1. The van der Waals surface area contributed by atoms with Gasteiger partial charge < -0.3 is 19.7 Å². The van der Waals surface area contributed by atoms with E-state index in [4.69, 9.17) is 9.47 Å². The molecule has 2 heterocycles. The van der Waals surface area contributed by atoms with Crippen molar-refractivity contribution >= 4 is 11.7 Å². The SMILES string of the molecule is COc1ccc(-c2cc(N3CCC(C(=O)NCCOc4ccccc4)CC3)ncn2)cc1. The normalized spacial score (nSPS) is 14.1. The predicted octanol–water partition coefficient (Wildman–Crippen LogP) is 3.56. The van der Waals surface area contributed by atoms with Gasteiger partial charge in [0.2, 0.25) is 5.91 Å². The highest BCUT2D eigenvalue weighted by Crippen LogP contribution is 2.26. The standard InChI is InChI=1S/C25H28N4O3/c1-31-21-9-7-19(8-10-21)23-17-24(28-18-27-23)29-14-11-20(12-15-29)25(30)26-13-16-32-22-5-3-2-4-6-22/h2-10,17-18,20H,11-16H2,1H3,(H,26,30). The molecule has 3 aromatic rings. The number of carbonyl (C=O) groups is 1. The number of amides is 1. The Morgan fingerprint density at radius 1 is 1.03 bits per heavy atom. The van der Waals surface area contributed by atoms with E-state index in [1.807, 2.05) is 60.7 Å². The molecule has 7 nitrogen and oxygen atoms in total. The zero-order chi connectivity index (χ0) is 22.2. The Bertz CT molecular complexity index is 1000. The first-order valence-corrected chi connectivity index (χ1v) is 10.9. The maximum Gasteiger partial charge on any atom is 0.223 e. The number of para-hydroxylation sites is 1. The number of piperidine rings is 1. The van der Waals surface area contributed by atoms with Crippen LogP contribution in [0.4, 0.5) is 5.82 Å². The van der Waals surface area contributed by atoms with Crippen molar-refractivity contribution in [1.82, 2.24) is 15.3 Å². The molecule has 1 aliphatic heterocycles. The average Bonchev–Trinajstić information content (AvgIpc) is 2.87. The maximum atomic E-state index is 12.5. The fourth-order valence-corrected chi connectivity index (χ4v) is 3.81. The molecule has 0 spiro atoms. The second kappa shape index (κ2) is 10.6. The van der Waals surface area contributed by atoms with Crippen molar-refractivity contribution in [2.24, 2.45) is 5.92 Å². The van der Waals surface area contributed by atoms with Crippen LogP contribution >= 0.6 is 0 Å². The van der Waals surface area contributed by atoms with Gasteiger partial charge in [0.05, 0.1) is 19.3 Å². The van der Waals surface area contributed by atoms with Crippen LogP contribution in [0.3, 0.4) is 0 Å². The third-order valence-electron chi connectivity index (χ3n) is 5.64. The van der Waals surface area contributed by atoms with Gasteiger partial charge in [-0.2, -0.15) is 0 Å². The number of hydrogen-bond donors (Lipinski definition) is 1. The molecule has 1 saturated heterocycles. The van der Waals surface area contributed by atoms with E-state index >= 15 is 0 Å². The van der Waals surface area contributed by atoms with Gasteiger partial charge in [-0.1, -0.05) is 18.2 Å². The molecule has 32 heavy (non-hydrogen) atoms. The number of methoxy groups -OCH3 is 1. The number of anilines is 1. The zero-order valence-corrected chi connectivity index (χ0v) is 18.2. The number of ether oxygens (including phenoxy) is 2. The summed E-state index contributed by atoms with van der Waals surface area (Å²) in [5.41, 5.74) is 1.89. The Morgan fingerprint density at radius 2 is 1.78 bits per heavy atom. The lowest BCUT2D eigenvalue weighted by Crippen LogP contribution is -2.41. The van der Waals surface area contributed by atoms with Crippen LogP contribution in [0.1, 0.15) is 12.8 Å². The van der Waals surface area contributed by atoms with Gasteiger partial charge in [-0.25, -0.2) is 9.97 Å². The molecule has 2 aromatic carbocycles. The molecule has 7 heteroatoms. The third kappa shape index (κ3) is 5.55. The third-order valence-corrected chi connectivity index (χ3v) is 5.64. The van der Waals surface area contributed by atoms with E-state index in [0.29, 0.717) is 13.2 Å². The second-order valence-corrected chi connectivity index (χ2v) is 7.70. The molecular formula is C25H28N4O3. The molecule has 1 aromatic heterocycles. The molecule has 0 unspecified atom stereocenters. The molecule has 0 bridgehead atoms. The zero-order valence-electron chi connectivity index (χ0n) is 18.2. The second-order valence-electron chi connectivity index (χ2n) is 7.70. The first kappa shape index (κ1) is 21.6. The van der Waals surface area contributed by atoms with Crippen LogP contribution < -0.4 is 19.7 Å². The van der Waals surface area contributed by atoms with Crippen molar-refractivity contribution in [3.8, 4) is 22.8 Å². The van der Waals surface area contributed by atoms with Crippen molar-refractivity contribution in [3.63, 3.8) is 0 Å². The van der Waals surface area contributed by atoms with Gasteiger partial charge in [-0.05, 0) is 49.2 Å². The molecule has 0 atom stereocenters. The van der Waals surface area contributed by atoms with Crippen LogP contribution in [0.2, 0.25) is 0 Å². The van der Waals surface area contributed by atoms with Crippen molar-refractivity contribution in [3.05, 3.63) is 67.0 Å². The summed E-state index contributed by atoms with van der Waals surface area (Å²) in [6.45, 7) is 2.55. The summed E-state index contributed by atoms with van der Waals surface area (Å²) >= 11 is 0. The fourth-order valence-electron chi connectivity index (χ4n) is 3.81. The van der Waals surface area contributed by atoms with Gasteiger partial charge in [0.15, 0.2) is 0 Å². The van der Waals surface area contributed by atoms with Crippen LogP contribution in [-0.2, 0) is 4.79 Å². The summed E-state index contributed by atoms with van der Waals surface area (Å²) in [4.78, 5) is 23.6. The number of nitrogens with zero attached hydrogens (tertiary/aromatic N) is 3. The van der Waals surface area contributed by atoms with Crippen molar-refractivity contribution in [1.29, 1.82) is 0 Å². The van der Waals surface area contributed by atoms with E-state index in [1.54, 1.807) is 13.4 Å². The fraction of sp³-hybridized carbons (Fsp3) is 0.320. The summed E-state index contributed by atoms with van der Waals surface area (Å²) in [5, 5.41) is 3.00. The molecular weight excluding hydrogens is 404 g/mol. The van der Waals surface area contributed by atoms with E-state index in [-0.39, 0.29) is 11.8 Å². The minimum atomic E-state index is 0.0193. The van der Waals surface area contributed by atoms with E-state index in [2.05, 4.69) is 20.2 Å². The van der Waals surface area contributed by atoms with Crippen LogP contribution in [-0.4, -0.2) is 49.2 Å². The van der Waals surface area contributed by atoms with Gasteiger partial charge >= 0.3 is 0 Å². The first-order valence-electron chi connectivity index (χ1n) is 10.9. The van der Waals surface area contributed by atoms with E-state index in [1.165, 1.54) is 0 Å². The number of aromatic nitrogens is 2. The van der Waals surface area contributed by atoms with Crippen molar-refractivity contribution < 1.29 is 14.3 Å². The quantitative estimate of drug-likeness (QED) is 0.549. The van der Waals surface area contributed by atoms with E-state index in [0.717, 1.165) is 54.5 Å². The summed E-state index contributed by atoms with van der Waals surface area (Å²) in [7, 11) is 1.65. The van der Waals surface area contributed by atoms with Crippen LogP contribution in [0.25, 0.3) is 11.3 Å². The van der Waals surface area contributed by atoms with Gasteiger partial charge in [0.25, 0.3) is 0 Å². The van der Waals surface area contributed by atoms with Crippen molar-refractivity contribution in [2.45, 2.75) is 12.8 Å². The Hall–Kier alpha value is -3.61. The molecule has 166 valence electrons. The minimum Gasteiger partial charge on any atom is -0.497 e. The summed E-state index contributed by atoms with van der Waals surface area (Å²) in [5.74, 6) is 2.64. The Balaban J connectivity index is 1.25. The van der Waals surface area contributed by atoms with Gasteiger partial charge in [0.1, 0.15) is 30.3 Å². The molecule has 0 saturated carbocycles. The van der Waals surface area contributed by atoms with Gasteiger partial charge in [-0.15, -0.1) is 0 Å². The Kier molecular flexibility index (Phi) is 7.17. The summed E-state index contributed by atoms with van der Waals surface area (Å²) in [6.07, 6.45) is 3.20. The number of hydrogen-bond acceptors (Lipinski definition) is 6. The highest BCUT2D eigenvalue weighted by atomic mass is 16.5. The van der Waals surface area contributed by atoms with E-state index < -0.39 is 0 Å². The number of benzene rings is 2.